The Kier molecular flexibility index (Phi) is 6.91. The zero-order chi connectivity index (χ0) is 20.1. The predicted octanol–water partition coefficient (Wildman–Crippen LogP) is 2.32. The molecule has 1 aromatic heterocycles. The van der Waals surface area contributed by atoms with Crippen molar-refractivity contribution < 1.29 is 28.9 Å². The molecule has 0 unspecified atom stereocenters. The smallest absolute Gasteiger partial charge is 0.413 e. The zero-order valence-electron chi connectivity index (χ0n) is 16.3. The van der Waals surface area contributed by atoms with Gasteiger partial charge in [0, 0.05) is 13.0 Å². The minimum Gasteiger partial charge on any atom is -0.478 e. The number of anilines is 1. The van der Waals surface area contributed by atoms with Gasteiger partial charge in [0.2, 0.25) is 0 Å². The SMILES string of the molecule is COc1nc(CCO)c(C(=O)OC(C)(C)C)nc1NC(=O)OC(C)(C)C. The number of hydrogen-bond donors (Lipinski definition) is 2. The van der Waals surface area contributed by atoms with Crippen molar-refractivity contribution in [3.63, 3.8) is 0 Å². The highest BCUT2D eigenvalue weighted by Gasteiger charge is 2.26. The fourth-order valence-corrected chi connectivity index (χ4v) is 1.85. The highest BCUT2D eigenvalue weighted by molar-refractivity contribution is 5.91. The molecule has 0 aliphatic rings. The minimum atomic E-state index is -0.768. The van der Waals surface area contributed by atoms with Gasteiger partial charge in [0.15, 0.2) is 11.5 Å². The molecule has 146 valence electrons. The third kappa shape index (κ3) is 6.83. The number of amides is 1. The summed E-state index contributed by atoms with van der Waals surface area (Å²) < 4.78 is 15.6. The van der Waals surface area contributed by atoms with Crippen molar-refractivity contribution >= 4 is 17.9 Å². The van der Waals surface area contributed by atoms with Crippen LogP contribution in [0, 0.1) is 0 Å². The first-order valence-electron chi connectivity index (χ1n) is 8.15. The Balaban J connectivity index is 3.27. The van der Waals surface area contributed by atoms with Gasteiger partial charge in [0.25, 0.3) is 5.88 Å². The second-order valence-corrected chi connectivity index (χ2v) is 7.48. The maximum atomic E-state index is 12.4. The predicted molar refractivity (Wildman–Crippen MR) is 94.4 cm³/mol. The number of aromatic nitrogens is 2. The van der Waals surface area contributed by atoms with Crippen LogP contribution < -0.4 is 10.1 Å². The van der Waals surface area contributed by atoms with E-state index in [-0.39, 0.29) is 36.1 Å². The van der Waals surface area contributed by atoms with Crippen molar-refractivity contribution in [1.82, 2.24) is 9.97 Å². The second-order valence-electron chi connectivity index (χ2n) is 7.48. The van der Waals surface area contributed by atoms with Crippen molar-refractivity contribution in [2.24, 2.45) is 0 Å². The molecule has 9 heteroatoms. The van der Waals surface area contributed by atoms with Crippen LogP contribution in [-0.4, -0.2) is 52.1 Å². The molecule has 0 radical (unpaired) electrons. The van der Waals surface area contributed by atoms with Crippen LogP contribution in [0.1, 0.15) is 57.7 Å². The zero-order valence-corrected chi connectivity index (χ0v) is 16.3. The Morgan fingerprint density at radius 1 is 1.04 bits per heavy atom. The lowest BCUT2D eigenvalue weighted by Crippen LogP contribution is -2.29. The van der Waals surface area contributed by atoms with E-state index in [0.29, 0.717) is 0 Å². The summed E-state index contributed by atoms with van der Waals surface area (Å²) in [5.41, 5.74) is -1.36. The molecule has 2 N–H and O–H groups in total. The van der Waals surface area contributed by atoms with Gasteiger partial charge < -0.3 is 19.3 Å². The minimum absolute atomic E-state index is 0.00776. The van der Waals surface area contributed by atoms with Gasteiger partial charge in [-0.1, -0.05) is 0 Å². The number of aliphatic hydroxyl groups excluding tert-OH is 1. The summed E-state index contributed by atoms with van der Waals surface area (Å²) >= 11 is 0. The third-order valence-corrected chi connectivity index (χ3v) is 2.69. The molecule has 1 heterocycles. The number of hydrogen-bond acceptors (Lipinski definition) is 8. The summed E-state index contributed by atoms with van der Waals surface area (Å²) in [7, 11) is 1.35. The van der Waals surface area contributed by atoms with E-state index in [0.717, 1.165) is 0 Å². The van der Waals surface area contributed by atoms with Crippen LogP contribution in [0.4, 0.5) is 10.6 Å². The largest absolute Gasteiger partial charge is 0.478 e. The number of carbonyl (C=O) groups excluding carboxylic acids is 2. The highest BCUT2D eigenvalue weighted by atomic mass is 16.6. The first-order chi connectivity index (χ1) is 11.9. The molecule has 0 saturated carbocycles. The summed E-state index contributed by atoms with van der Waals surface area (Å²) in [4.78, 5) is 32.7. The quantitative estimate of drug-likeness (QED) is 0.759. The van der Waals surface area contributed by atoms with Crippen LogP contribution in [0.3, 0.4) is 0 Å². The van der Waals surface area contributed by atoms with E-state index in [1.54, 1.807) is 41.5 Å². The van der Waals surface area contributed by atoms with Crippen LogP contribution in [0.2, 0.25) is 0 Å². The van der Waals surface area contributed by atoms with E-state index in [1.807, 2.05) is 0 Å². The average Bonchev–Trinajstić information content (AvgIpc) is 2.44. The lowest BCUT2D eigenvalue weighted by molar-refractivity contribution is 0.00602. The number of ether oxygens (including phenoxy) is 3. The molecule has 0 aliphatic heterocycles. The molecule has 0 saturated heterocycles. The Morgan fingerprint density at radius 3 is 2.08 bits per heavy atom. The molecule has 1 amide bonds. The van der Waals surface area contributed by atoms with Gasteiger partial charge in [0.1, 0.15) is 11.2 Å². The van der Waals surface area contributed by atoms with E-state index in [1.165, 1.54) is 7.11 Å². The molecule has 9 nitrogen and oxygen atoms in total. The van der Waals surface area contributed by atoms with E-state index in [2.05, 4.69) is 15.3 Å². The van der Waals surface area contributed by atoms with Gasteiger partial charge in [-0.25, -0.2) is 19.6 Å². The van der Waals surface area contributed by atoms with Crippen LogP contribution in [-0.2, 0) is 15.9 Å². The van der Waals surface area contributed by atoms with Gasteiger partial charge in [-0.15, -0.1) is 0 Å². The van der Waals surface area contributed by atoms with E-state index in [4.69, 9.17) is 14.2 Å². The number of esters is 1. The maximum Gasteiger partial charge on any atom is 0.413 e. The molecule has 0 aliphatic carbocycles. The topological polar surface area (TPSA) is 120 Å². The Bertz CT molecular complexity index is 662. The van der Waals surface area contributed by atoms with Crippen LogP contribution >= 0.6 is 0 Å². The van der Waals surface area contributed by atoms with Gasteiger partial charge in [-0.3, -0.25) is 5.32 Å². The summed E-state index contributed by atoms with van der Waals surface area (Å²) in [5, 5.41) is 11.6. The van der Waals surface area contributed by atoms with Gasteiger partial charge >= 0.3 is 12.1 Å². The molecule has 1 aromatic rings. The normalized spacial score (nSPS) is 11.7. The molecular weight excluding hydrogens is 342 g/mol. The maximum absolute atomic E-state index is 12.4. The lowest BCUT2D eigenvalue weighted by atomic mass is 10.2. The van der Waals surface area contributed by atoms with Gasteiger partial charge in [-0.05, 0) is 41.5 Å². The van der Waals surface area contributed by atoms with Crippen molar-refractivity contribution in [3.05, 3.63) is 11.4 Å². The first-order valence-corrected chi connectivity index (χ1v) is 8.15. The number of nitrogens with one attached hydrogen (secondary N) is 1. The monoisotopic (exact) mass is 369 g/mol. The van der Waals surface area contributed by atoms with Crippen LogP contribution in [0.25, 0.3) is 0 Å². The standard InChI is InChI=1S/C17H27N3O6/c1-16(2,3)25-14(22)11-10(8-9-21)18-13(24-7)12(19-11)20-15(23)26-17(4,5)6/h21H,8-9H2,1-7H3,(H,19,20,23). The molecule has 0 bridgehead atoms. The second kappa shape index (κ2) is 8.31. The lowest BCUT2D eigenvalue weighted by Gasteiger charge is -2.21. The number of carbonyl (C=O) groups is 2. The molecule has 0 fully saturated rings. The number of nitrogens with zero attached hydrogens (tertiary/aromatic N) is 2. The summed E-state index contributed by atoms with van der Waals surface area (Å²) in [6, 6.07) is 0. The van der Waals surface area contributed by atoms with Crippen molar-refractivity contribution in [3.8, 4) is 5.88 Å². The summed E-state index contributed by atoms with van der Waals surface area (Å²) in [6.07, 6.45) is -0.694. The molecule has 0 aromatic carbocycles. The van der Waals surface area contributed by atoms with Crippen LogP contribution in [0.15, 0.2) is 0 Å². The van der Waals surface area contributed by atoms with E-state index >= 15 is 0 Å². The molecule has 26 heavy (non-hydrogen) atoms. The highest BCUT2D eigenvalue weighted by Crippen LogP contribution is 2.24. The van der Waals surface area contributed by atoms with E-state index in [9.17, 15) is 14.7 Å². The number of rotatable bonds is 5. The number of methoxy groups -OCH3 is 1. The fourth-order valence-electron chi connectivity index (χ4n) is 1.85. The van der Waals surface area contributed by atoms with E-state index < -0.39 is 23.3 Å². The van der Waals surface area contributed by atoms with Gasteiger partial charge in [-0.2, -0.15) is 0 Å². The molecule has 0 spiro atoms. The Labute approximate surface area is 153 Å². The average molecular weight is 369 g/mol. The number of aliphatic hydroxyl groups is 1. The summed E-state index contributed by atoms with van der Waals surface area (Å²) in [5.74, 6) is -0.806. The first kappa shape index (κ1) is 21.6. The molecule has 1 rings (SSSR count). The Hall–Kier alpha value is -2.42. The third-order valence-electron chi connectivity index (χ3n) is 2.69. The Morgan fingerprint density at radius 2 is 1.62 bits per heavy atom. The summed E-state index contributed by atoms with van der Waals surface area (Å²) in [6.45, 7) is 10.0. The fraction of sp³-hybridized carbons (Fsp3) is 0.647. The van der Waals surface area contributed by atoms with Gasteiger partial charge in [0.05, 0.1) is 12.8 Å². The molecule has 0 atom stereocenters. The van der Waals surface area contributed by atoms with Crippen molar-refractivity contribution in [1.29, 1.82) is 0 Å². The van der Waals surface area contributed by atoms with Crippen LogP contribution in [0.5, 0.6) is 5.88 Å². The molecular formula is C17H27N3O6. The van der Waals surface area contributed by atoms with Crippen molar-refractivity contribution in [2.45, 2.75) is 59.2 Å². The van der Waals surface area contributed by atoms with Crippen molar-refractivity contribution in [2.75, 3.05) is 19.0 Å².